The van der Waals surface area contributed by atoms with Crippen molar-refractivity contribution < 1.29 is 4.39 Å². The molecule has 0 amide bonds. The van der Waals surface area contributed by atoms with Gasteiger partial charge in [-0.15, -0.1) is 0 Å². The van der Waals surface area contributed by atoms with Crippen LogP contribution in [0.4, 0.5) is 4.39 Å². The predicted octanol–water partition coefficient (Wildman–Crippen LogP) is 4.95. The zero-order valence-electron chi connectivity index (χ0n) is 11.8. The Balaban J connectivity index is 1.94. The molecule has 0 saturated carbocycles. The van der Waals surface area contributed by atoms with Crippen molar-refractivity contribution in [1.29, 1.82) is 0 Å². The molecule has 20 heavy (non-hydrogen) atoms. The smallest absolute Gasteiger partial charge is 0.123 e. The van der Waals surface area contributed by atoms with Gasteiger partial charge in [0.2, 0.25) is 0 Å². The van der Waals surface area contributed by atoms with Crippen molar-refractivity contribution in [2.24, 2.45) is 0 Å². The molecule has 0 saturated heterocycles. The van der Waals surface area contributed by atoms with Crippen molar-refractivity contribution >= 4 is 10.9 Å². The number of fused-ring (bicyclic) bond motifs is 1. The van der Waals surface area contributed by atoms with Crippen LogP contribution in [0, 0.1) is 5.82 Å². The third kappa shape index (κ3) is 2.46. The molecule has 3 aromatic rings. The van der Waals surface area contributed by atoms with E-state index in [0.29, 0.717) is 5.92 Å². The van der Waals surface area contributed by atoms with E-state index < -0.39 is 0 Å². The first-order chi connectivity index (χ1) is 9.63. The van der Waals surface area contributed by atoms with Crippen LogP contribution < -0.4 is 0 Å². The first-order valence-electron chi connectivity index (χ1n) is 6.97. The Morgan fingerprint density at radius 1 is 1.00 bits per heavy atom. The Kier molecular flexibility index (Phi) is 3.31. The van der Waals surface area contributed by atoms with Crippen molar-refractivity contribution in [3.63, 3.8) is 0 Å². The SMILES string of the molecule is CC(C)c1ccc2c(ccn2Cc2ccc(F)cc2)c1. The van der Waals surface area contributed by atoms with Crippen LogP contribution in [0.3, 0.4) is 0 Å². The standard InChI is InChI=1S/C18H18FN/c1-13(2)15-5-8-18-16(11-15)9-10-20(18)12-14-3-6-17(19)7-4-14/h3-11,13H,12H2,1-2H3. The molecule has 0 bridgehead atoms. The summed E-state index contributed by atoms with van der Waals surface area (Å²) < 4.78 is 15.1. The fourth-order valence-corrected chi connectivity index (χ4v) is 2.50. The highest BCUT2D eigenvalue weighted by Crippen LogP contribution is 2.23. The van der Waals surface area contributed by atoms with Crippen molar-refractivity contribution in [2.45, 2.75) is 26.3 Å². The van der Waals surface area contributed by atoms with Gasteiger partial charge in [-0.3, -0.25) is 0 Å². The molecule has 0 aliphatic carbocycles. The average molecular weight is 267 g/mol. The van der Waals surface area contributed by atoms with Crippen molar-refractivity contribution in [3.05, 3.63) is 71.7 Å². The van der Waals surface area contributed by atoms with Gasteiger partial charge in [-0.25, -0.2) is 4.39 Å². The van der Waals surface area contributed by atoms with E-state index in [-0.39, 0.29) is 5.82 Å². The van der Waals surface area contributed by atoms with E-state index in [1.165, 1.54) is 28.6 Å². The molecule has 1 aromatic heterocycles. The third-order valence-corrected chi connectivity index (χ3v) is 3.73. The van der Waals surface area contributed by atoms with Crippen LogP contribution in [0.2, 0.25) is 0 Å². The molecule has 2 heteroatoms. The first-order valence-corrected chi connectivity index (χ1v) is 6.97. The molecule has 0 aliphatic rings. The maximum absolute atomic E-state index is 12.9. The molecule has 0 N–H and O–H groups in total. The molecule has 0 aliphatic heterocycles. The molecular formula is C18H18FN. The highest BCUT2D eigenvalue weighted by atomic mass is 19.1. The van der Waals surface area contributed by atoms with Gasteiger partial charge in [-0.05, 0) is 52.8 Å². The lowest BCUT2D eigenvalue weighted by Crippen LogP contribution is -1.98. The van der Waals surface area contributed by atoms with Crippen LogP contribution in [0.25, 0.3) is 10.9 Å². The topological polar surface area (TPSA) is 4.93 Å². The molecule has 0 radical (unpaired) electrons. The maximum Gasteiger partial charge on any atom is 0.123 e. The zero-order valence-corrected chi connectivity index (χ0v) is 11.8. The molecule has 102 valence electrons. The fraction of sp³-hybridized carbons (Fsp3) is 0.222. The molecule has 1 nitrogen and oxygen atoms in total. The first kappa shape index (κ1) is 12.9. The van der Waals surface area contributed by atoms with Gasteiger partial charge in [-0.2, -0.15) is 0 Å². The zero-order chi connectivity index (χ0) is 14.1. The number of nitrogens with zero attached hydrogens (tertiary/aromatic N) is 1. The van der Waals surface area contributed by atoms with Crippen LogP contribution in [-0.2, 0) is 6.54 Å². The van der Waals surface area contributed by atoms with Gasteiger partial charge in [0.15, 0.2) is 0 Å². The molecule has 0 atom stereocenters. The normalized spacial score (nSPS) is 11.4. The molecule has 0 fully saturated rings. The van der Waals surface area contributed by atoms with Gasteiger partial charge in [0, 0.05) is 18.3 Å². The summed E-state index contributed by atoms with van der Waals surface area (Å²) in [6, 6.07) is 15.5. The third-order valence-electron chi connectivity index (χ3n) is 3.73. The summed E-state index contributed by atoms with van der Waals surface area (Å²) in [4.78, 5) is 0. The minimum Gasteiger partial charge on any atom is -0.343 e. The lowest BCUT2D eigenvalue weighted by molar-refractivity contribution is 0.626. The second-order valence-corrected chi connectivity index (χ2v) is 5.54. The number of rotatable bonds is 3. The Labute approximate surface area is 118 Å². The highest BCUT2D eigenvalue weighted by Gasteiger charge is 2.05. The molecular weight excluding hydrogens is 249 g/mol. The highest BCUT2D eigenvalue weighted by molar-refractivity contribution is 5.81. The Bertz CT molecular complexity index is 723. The Morgan fingerprint density at radius 3 is 2.45 bits per heavy atom. The van der Waals surface area contributed by atoms with E-state index >= 15 is 0 Å². The van der Waals surface area contributed by atoms with Crippen molar-refractivity contribution in [1.82, 2.24) is 4.57 Å². The summed E-state index contributed by atoms with van der Waals surface area (Å²) in [6.45, 7) is 5.18. The summed E-state index contributed by atoms with van der Waals surface area (Å²) >= 11 is 0. The van der Waals surface area contributed by atoms with E-state index in [1.54, 1.807) is 0 Å². The van der Waals surface area contributed by atoms with Crippen LogP contribution in [0.1, 0.15) is 30.9 Å². The Morgan fingerprint density at radius 2 is 1.75 bits per heavy atom. The van der Waals surface area contributed by atoms with Crippen molar-refractivity contribution in [3.8, 4) is 0 Å². The quantitative estimate of drug-likeness (QED) is 0.632. The summed E-state index contributed by atoms with van der Waals surface area (Å²) in [7, 11) is 0. The number of hydrogen-bond donors (Lipinski definition) is 0. The lowest BCUT2D eigenvalue weighted by atomic mass is 10.0. The van der Waals surface area contributed by atoms with Crippen molar-refractivity contribution in [2.75, 3.05) is 0 Å². The van der Waals surface area contributed by atoms with E-state index in [4.69, 9.17) is 0 Å². The van der Waals surface area contributed by atoms with Gasteiger partial charge in [-0.1, -0.05) is 32.0 Å². The number of aromatic nitrogens is 1. The maximum atomic E-state index is 12.9. The fourth-order valence-electron chi connectivity index (χ4n) is 2.50. The second-order valence-electron chi connectivity index (χ2n) is 5.54. The van der Waals surface area contributed by atoms with Gasteiger partial charge >= 0.3 is 0 Å². The summed E-state index contributed by atoms with van der Waals surface area (Å²) in [5.74, 6) is 0.354. The molecule has 2 aromatic carbocycles. The van der Waals surface area contributed by atoms with Gasteiger partial charge in [0.05, 0.1) is 0 Å². The van der Waals surface area contributed by atoms with Gasteiger partial charge in [0.1, 0.15) is 5.82 Å². The van der Waals surface area contributed by atoms with E-state index in [2.05, 4.69) is 48.9 Å². The predicted molar refractivity (Wildman–Crippen MR) is 81.5 cm³/mol. The van der Waals surface area contributed by atoms with Crippen LogP contribution in [0.5, 0.6) is 0 Å². The minimum atomic E-state index is -0.187. The van der Waals surface area contributed by atoms with Gasteiger partial charge < -0.3 is 4.57 Å². The largest absolute Gasteiger partial charge is 0.343 e. The van der Waals surface area contributed by atoms with Crippen LogP contribution >= 0.6 is 0 Å². The average Bonchev–Trinajstić information content (AvgIpc) is 2.84. The van der Waals surface area contributed by atoms with Gasteiger partial charge in [0.25, 0.3) is 0 Å². The molecule has 0 unspecified atom stereocenters. The van der Waals surface area contributed by atoms with Crippen LogP contribution in [0.15, 0.2) is 54.7 Å². The lowest BCUT2D eigenvalue weighted by Gasteiger charge is -2.08. The minimum absolute atomic E-state index is 0.187. The van der Waals surface area contributed by atoms with Crippen LogP contribution in [-0.4, -0.2) is 4.57 Å². The summed E-state index contributed by atoms with van der Waals surface area (Å²) in [6.07, 6.45) is 2.10. The second kappa shape index (κ2) is 5.12. The number of hydrogen-bond acceptors (Lipinski definition) is 0. The summed E-state index contributed by atoms with van der Waals surface area (Å²) in [5.41, 5.74) is 3.69. The molecule has 0 spiro atoms. The summed E-state index contributed by atoms with van der Waals surface area (Å²) in [5, 5.41) is 1.26. The van der Waals surface area contributed by atoms with E-state index in [0.717, 1.165) is 12.1 Å². The monoisotopic (exact) mass is 267 g/mol. The molecule has 3 rings (SSSR count). The number of halogens is 1. The molecule has 1 heterocycles. The number of benzene rings is 2. The Hall–Kier alpha value is -2.09. The van der Waals surface area contributed by atoms with E-state index in [9.17, 15) is 4.39 Å². The van der Waals surface area contributed by atoms with E-state index in [1.807, 2.05) is 12.1 Å².